The standard InChI is InChI=1S/C28H32O14/c1-9-21(33)24(36)27(42-28-25(37)23(35)20(32)10(2)40-28)26(39-9)19-14(31)8-17-18(22(19)34)13(30)7-15(41-17)11-4-5-12(29)16(6-11)38-3/h4-10,20-21,23-29,31-37H,1-3H3/t9-,10+,20+,21-,23-,24+,25-,26+,27-,28+/m1/s1. The zero-order valence-corrected chi connectivity index (χ0v) is 22.7. The second-order valence-electron chi connectivity index (χ2n) is 10.4. The third-order valence-corrected chi connectivity index (χ3v) is 7.69. The largest absolute Gasteiger partial charge is 0.507 e. The monoisotopic (exact) mass is 592 g/mol. The van der Waals surface area contributed by atoms with E-state index in [2.05, 4.69) is 0 Å². The number of aromatic hydroxyl groups is 3. The minimum atomic E-state index is -1.77. The fourth-order valence-corrected chi connectivity index (χ4v) is 5.26. The van der Waals surface area contributed by atoms with Crippen LogP contribution in [0.25, 0.3) is 22.3 Å². The molecule has 10 atom stereocenters. The number of hydrogen-bond donors (Lipinski definition) is 8. The number of phenolic OH excluding ortho intramolecular Hbond substituents is 3. The van der Waals surface area contributed by atoms with Gasteiger partial charge in [-0.1, -0.05) is 0 Å². The highest BCUT2D eigenvalue weighted by Gasteiger charge is 2.50. The molecule has 0 amide bonds. The van der Waals surface area contributed by atoms with E-state index in [4.69, 9.17) is 23.4 Å². The molecule has 1 aromatic heterocycles. The molecular weight excluding hydrogens is 560 g/mol. The molecule has 0 radical (unpaired) electrons. The molecule has 0 bridgehead atoms. The van der Waals surface area contributed by atoms with Crippen LogP contribution >= 0.6 is 0 Å². The predicted molar refractivity (Wildman–Crippen MR) is 142 cm³/mol. The number of aliphatic hydroxyl groups is 5. The van der Waals surface area contributed by atoms with Crippen molar-refractivity contribution in [3.05, 3.63) is 46.1 Å². The number of hydrogen-bond acceptors (Lipinski definition) is 14. The lowest BCUT2D eigenvalue weighted by molar-refractivity contribution is -0.336. The van der Waals surface area contributed by atoms with Crippen molar-refractivity contribution in [1.82, 2.24) is 0 Å². The Morgan fingerprint density at radius 1 is 0.786 bits per heavy atom. The molecule has 3 aromatic rings. The summed E-state index contributed by atoms with van der Waals surface area (Å²) in [5.41, 5.74) is -0.942. The molecule has 5 rings (SSSR count). The van der Waals surface area contributed by atoms with E-state index >= 15 is 0 Å². The lowest BCUT2D eigenvalue weighted by atomic mass is 9.89. The summed E-state index contributed by atoms with van der Waals surface area (Å²) in [6.07, 6.45) is -14.9. The number of benzene rings is 2. The molecule has 228 valence electrons. The van der Waals surface area contributed by atoms with Crippen LogP contribution in [-0.4, -0.2) is 103 Å². The summed E-state index contributed by atoms with van der Waals surface area (Å²) in [4.78, 5) is 13.2. The third kappa shape index (κ3) is 5.05. The number of fused-ring (bicyclic) bond motifs is 1. The van der Waals surface area contributed by atoms with Gasteiger partial charge in [-0.3, -0.25) is 4.79 Å². The van der Waals surface area contributed by atoms with Gasteiger partial charge in [0.1, 0.15) is 71.0 Å². The average molecular weight is 593 g/mol. The summed E-state index contributed by atoms with van der Waals surface area (Å²) in [5, 5.41) is 83.9. The van der Waals surface area contributed by atoms with Gasteiger partial charge in [-0.05, 0) is 32.0 Å². The molecule has 2 aliphatic heterocycles. The minimum absolute atomic E-state index is 0.0398. The van der Waals surface area contributed by atoms with Crippen molar-refractivity contribution >= 4 is 11.0 Å². The zero-order chi connectivity index (χ0) is 30.6. The summed E-state index contributed by atoms with van der Waals surface area (Å²) in [5.74, 6) is -1.35. The number of ether oxygens (including phenoxy) is 4. The van der Waals surface area contributed by atoms with E-state index in [-0.39, 0.29) is 33.8 Å². The minimum Gasteiger partial charge on any atom is -0.507 e. The molecular formula is C28H32O14. The lowest BCUT2D eigenvalue weighted by Gasteiger charge is -2.46. The number of phenols is 3. The van der Waals surface area contributed by atoms with Crippen molar-refractivity contribution in [2.75, 3.05) is 7.11 Å². The van der Waals surface area contributed by atoms with Crippen LogP contribution in [0.3, 0.4) is 0 Å². The zero-order valence-electron chi connectivity index (χ0n) is 22.7. The summed E-state index contributed by atoms with van der Waals surface area (Å²) >= 11 is 0. The molecule has 14 heteroatoms. The molecule has 14 nitrogen and oxygen atoms in total. The van der Waals surface area contributed by atoms with E-state index < -0.39 is 78.2 Å². The van der Waals surface area contributed by atoms with Crippen molar-refractivity contribution in [2.24, 2.45) is 0 Å². The van der Waals surface area contributed by atoms with Crippen molar-refractivity contribution in [3.8, 4) is 34.3 Å². The van der Waals surface area contributed by atoms with E-state index in [0.717, 1.165) is 12.1 Å². The molecule has 2 fully saturated rings. The summed E-state index contributed by atoms with van der Waals surface area (Å²) in [6, 6.07) is 6.39. The van der Waals surface area contributed by atoms with E-state index in [1.165, 1.54) is 39.2 Å². The highest BCUT2D eigenvalue weighted by atomic mass is 16.7. The van der Waals surface area contributed by atoms with Crippen molar-refractivity contribution in [1.29, 1.82) is 0 Å². The first-order chi connectivity index (χ1) is 19.8. The Labute approximate surface area is 238 Å². The molecule has 2 aromatic carbocycles. The Balaban J connectivity index is 1.58. The SMILES string of the molecule is COc1cc(-c2cc(=O)c3c(O)c([C@@H]4O[C@H](C)[C@@H](O)[C@H](O)[C@H]4O[C@@H]4O[C@@H](C)[C@H](O)[C@@H](O)[C@H]4O)c(O)cc3o2)ccc1O. The van der Waals surface area contributed by atoms with Gasteiger partial charge >= 0.3 is 0 Å². The molecule has 0 aliphatic carbocycles. The van der Waals surface area contributed by atoms with Crippen LogP contribution in [-0.2, 0) is 14.2 Å². The maximum atomic E-state index is 13.2. The molecule has 0 saturated carbocycles. The fourth-order valence-electron chi connectivity index (χ4n) is 5.26. The molecule has 42 heavy (non-hydrogen) atoms. The Kier molecular flexibility index (Phi) is 8.08. The van der Waals surface area contributed by atoms with Gasteiger partial charge in [0.25, 0.3) is 0 Å². The van der Waals surface area contributed by atoms with Crippen LogP contribution in [0, 0.1) is 0 Å². The highest BCUT2D eigenvalue weighted by molar-refractivity contribution is 5.88. The van der Waals surface area contributed by atoms with Gasteiger partial charge in [-0.25, -0.2) is 0 Å². The van der Waals surface area contributed by atoms with E-state index in [0.29, 0.717) is 5.56 Å². The van der Waals surface area contributed by atoms with Gasteiger partial charge in [0, 0.05) is 17.7 Å². The van der Waals surface area contributed by atoms with E-state index in [9.17, 15) is 45.6 Å². The van der Waals surface area contributed by atoms with Crippen LogP contribution in [0.15, 0.2) is 39.5 Å². The second-order valence-corrected chi connectivity index (χ2v) is 10.4. The summed E-state index contributed by atoms with van der Waals surface area (Å²) < 4.78 is 27.9. The van der Waals surface area contributed by atoms with Crippen LogP contribution < -0.4 is 10.2 Å². The molecule has 2 saturated heterocycles. The first-order valence-corrected chi connectivity index (χ1v) is 13.1. The van der Waals surface area contributed by atoms with Gasteiger partial charge in [-0.15, -0.1) is 0 Å². The maximum Gasteiger partial charge on any atom is 0.197 e. The van der Waals surface area contributed by atoms with E-state index in [1.807, 2.05) is 0 Å². The highest BCUT2D eigenvalue weighted by Crippen LogP contribution is 2.46. The second kappa shape index (κ2) is 11.3. The van der Waals surface area contributed by atoms with Crippen molar-refractivity contribution < 1.29 is 64.2 Å². The lowest BCUT2D eigenvalue weighted by Crippen LogP contribution is -2.61. The fraction of sp³-hybridized carbons (Fsp3) is 0.464. The predicted octanol–water partition coefficient (Wildman–Crippen LogP) is -0.0203. The maximum absolute atomic E-state index is 13.2. The van der Waals surface area contributed by atoms with E-state index in [1.54, 1.807) is 0 Å². The van der Waals surface area contributed by atoms with Gasteiger partial charge in [-0.2, -0.15) is 0 Å². The van der Waals surface area contributed by atoms with Gasteiger partial charge in [0.15, 0.2) is 23.2 Å². The van der Waals surface area contributed by atoms with Gasteiger partial charge in [0.2, 0.25) is 0 Å². The Morgan fingerprint density at radius 3 is 2.14 bits per heavy atom. The van der Waals surface area contributed by atoms with Crippen LogP contribution in [0.2, 0.25) is 0 Å². The normalized spacial score (nSPS) is 33.5. The summed E-state index contributed by atoms with van der Waals surface area (Å²) in [7, 11) is 1.35. The first-order valence-electron chi connectivity index (χ1n) is 13.1. The molecule has 3 heterocycles. The number of methoxy groups -OCH3 is 1. The number of aliphatic hydroxyl groups excluding tert-OH is 5. The smallest absolute Gasteiger partial charge is 0.197 e. The Bertz CT molecular complexity index is 1520. The first kappa shape index (κ1) is 30.0. The quantitative estimate of drug-likeness (QED) is 0.195. The topological polar surface area (TPSA) is 229 Å². The van der Waals surface area contributed by atoms with Crippen molar-refractivity contribution in [3.63, 3.8) is 0 Å². The molecule has 2 aliphatic rings. The van der Waals surface area contributed by atoms with Crippen LogP contribution in [0.5, 0.6) is 23.0 Å². The van der Waals surface area contributed by atoms with Crippen LogP contribution in [0.1, 0.15) is 25.5 Å². The summed E-state index contributed by atoms with van der Waals surface area (Å²) in [6.45, 7) is 2.84. The molecule has 8 N–H and O–H groups in total. The van der Waals surface area contributed by atoms with Gasteiger partial charge < -0.3 is 64.2 Å². The molecule has 0 spiro atoms. The number of rotatable bonds is 5. The van der Waals surface area contributed by atoms with Gasteiger partial charge in [0.05, 0.1) is 24.9 Å². The molecule has 0 unspecified atom stereocenters. The van der Waals surface area contributed by atoms with Crippen LogP contribution in [0.4, 0.5) is 0 Å². The average Bonchev–Trinajstić information content (AvgIpc) is 2.95. The Morgan fingerprint density at radius 2 is 1.45 bits per heavy atom. The van der Waals surface area contributed by atoms with Crippen molar-refractivity contribution in [2.45, 2.75) is 75.1 Å². The Hall–Kier alpha value is -3.47. The third-order valence-electron chi connectivity index (χ3n) is 7.69.